The van der Waals surface area contributed by atoms with Gasteiger partial charge in [0.05, 0.1) is 26.7 Å². The van der Waals surface area contributed by atoms with Crippen LogP contribution in [0.5, 0.6) is 17.2 Å². The van der Waals surface area contributed by atoms with Crippen LogP contribution in [0.2, 0.25) is 0 Å². The Labute approximate surface area is 161 Å². The average molecular weight is 385 g/mol. The standard InChI is InChI=1S/C19H28N2O4.ClH/c1-23-15-8-7-13(16(24-2)17(15)25-3)10-21-18(22)19-9-5-4-6-14(19)11-20-12-19;/h7-8,14,20H,4-6,9-12H2,1-3H3,(H,21,22);1H/t14-,19+;/m0./s1. The normalized spacial score (nSPS) is 24.2. The maximum Gasteiger partial charge on any atom is 0.228 e. The largest absolute Gasteiger partial charge is 0.493 e. The van der Waals surface area contributed by atoms with E-state index in [0.29, 0.717) is 29.7 Å². The number of methoxy groups -OCH3 is 3. The fourth-order valence-electron chi connectivity index (χ4n) is 4.34. The van der Waals surface area contributed by atoms with Crippen molar-refractivity contribution < 1.29 is 19.0 Å². The number of benzene rings is 1. The number of rotatable bonds is 6. The summed E-state index contributed by atoms with van der Waals surface area (Å²) in [6.07, 6.45) is 4.47. The second-order valence-corrected chi connectivity index (χ2v) is 6.91. The van der Waals surface area contributed by atoms with Crippen molar-refractivity contribution in [3.63, 3.8) is 0 Å². The summed E-state index contributed by atoms with van der Waals surface area (Å²) in [5.74, 6) is 2.37. The molecule has 0 radical (unpaired) electrons. The van der Waals surface area contributed by atoms with Gasteiger partial charge in [0.25, 0.3) is 0 Å². The Bertz CT molecular complexity index is 640. The van der Waals surface area contributed by atoms with E-state index in [1.165, 1.54) is 6.42 Å². The summed E-state index contributed by atoms with van der Waals surface area (Å²) in [4.78, 5) is 13.0. The van der Waals surface area contributed by atoms with E-state index in [1.807, 2.05) is 12.1 Å². The minimum Gasteiger partial charge on any atom is -0.493 e. The minimum atomic E-state index is -0.248. The van der Waals surface area contributed by atoms with Crippen molar-refractivity contribution in [1.29, 1.82) is 0 Å². The molecule has 1 heterocycles. The monoisotopic (exact) mass is 384 g/mol. The Balaban J connectivity index is 0.00000243. The number of hydrogen-bond donors (Lipinski definition) is 2. The zero-order chi connectivity index (χ0) is 17.9. The molecule has 1 aromatic carbocycles. The predicted octanol–water partition coefficient (Wildman–Crippen LogP) is 2.53. The van der Waals surface area contributed by atoms with E-state index in [1.54, 1.807) is 21.3 Å². The number of carbonyl (C=O) groups is 1. The number of carbonyl (C=O) groups excluding carboxylic acids is 1. The molecule has 1 aliphatic heterocycles. The van der Waals surface area contributed by atoms with E-state index in [2.05, 4.69) is 10.6 Å². The van der Waals surface area contributed by atoms with E-state index in [4.69, 9.17) is 14.2 Å². The molecule has 1 saturated heterocycles. The molecule has 7 heteroatoms. The van der Waals surface area contributed by atoms with Gasteiger partial charge in [0.1, 0.15) is 0 Å². The lowest BCUT2D eigenvalue weighted by Crippen LogP contribution is -2.47. The maximum absolute atomic E-state index is 13.0. The van der Waals surface area contributed by atoms with Gasteiger partial charge < -0.3 is 24.8 Å². The minimum absolute atomic E-state index is 0. The van der Waals surface area contributed by atoms with Crippen molar-refractivity contribution in [2.45, 2.75) is 32.2 Å². The molecule has 6 nitrogen and oxygen atoms in total. The average Bonchev–Trinajstić information content (AvgIpc) is 3.10. The number of nitrogens with one attached hydrogen (secondary N) is 2. The lowest BCUT2D eigenvalue weighted by molar-refractivity contribution is -0.134. The summed E-state index contributed by atoms with van der Waals surface area (Å²) in [5.41, 5.74) is 0.630. The van der Waals surface area contributed by atoms with E-state index in [0.717, 1.165) is 37.9 Å². The van der Waals surface area contributed by atoms with Crippen molar-refractivity contribution in [2.24, 2.45) is 11.3 Å². The quantitative estimate of drug-likeness (QED) is 0.788. The highest BCUT2D eigenvalue weighted by Crippen LogP contribution is 2.44. The second-order valence-electron chi connectivity index (χ2n) is 6.91. The van der Waals surface area contributed by atoms with Gasteiger partial charge in [-0.3, -0.25) is 4.79 Å². The lowest BCUT2D eigenvalue weighted by atomic mass is 9.67. The van der Waals surface area contributed by atoms with Crippen LogP contribution in [0.4, 0.5) is 0 Å². The molecule has 0 spiro atoms. The van der Waals surface area contributed by atoms with Crippen LogP contribution in [0.25, 0.3) is 0 Å². The summed E-state index contributed by atoms with van der Waals surface area (Å²) >= 11 is 0. The van der Waals surface area contributed by atoms with E-state index < -0.39 is 0 Å². The van der Waals surface area contributed by atoms with Gasteiger partial charge in [-0.15, -0.1) is 12.4 Å². The Morgan fingerprint density at radius 2 is 1.96 bits per heavy atom. The highest BCUT2D eigenvalue weighted by atomic mass is 35.5. The number of fused-ring (bicyclic) bond motifs is 1. The van der Waals surface area contributed by atoms with Crippen LogP contribution in [0.1, 0.15) is 31.2 Å². The molecule has 1 aromatic rings. The van der Waals surface area contributed by atoms with Crippen LogP contribution < -0.4 is 24.8 Å². The lowest BCUT2D eigenvalue weighted by Gasteiger charge is -2.37. The fourth-order valence-corrected chi connectivity index (χ4v) is 4.34. The maximum atomic E-state index is 13.0. The van der Waals surface area contributed by atoms with E-state index >= 15 is 0 Å². The highest BCUT2D eigenvalue weighted by Gasteiger charge is 2.49. The summed E-state index contributed by atoms with van der Waals surface area (Å²) in [6, 6.07) is 3.74. The van der Waals surface area contributed by atoms with E-state index in [9.17, 15) is 4.79 Å². The predicted molar refractivity (Wildman–Crippen MR) is 102 cm³/mol. The van der Waals surface area contributed by atoms with Crippen molar-refractivity contribution in [3.8, 4) is 17.2 Å². The van der Waals surface area contributed by atoms with Crippen LogP contribution >= 0.6 is 12.4 Å². The molecule has 0 unspecified atom stereocenters. The zero-order valence-corrected chi connectivity index (χ0v) is 16.5. The van der Waals surface area contributed by atoms with Gasteiger partial charge in [-0.1, -0.05) is 12.8 Å². The van der Waals surface area contributed by atoms with Gasteiger partial charge in [0, 0.05) is 18.7 Å². The third-order valence-corrected chi connectivity index (χ3v) is 5.72. The first-order valence-corrected chi connectivity index (χ1v) is 8.93. The Morgan fingerprint density at radius 3 is 2.65 bits per heavy atom. The molecule has 146 valence electrons. The summed E-state index contributed by atoms with van der Waals surface area (Å²) in [7, 11) is 4.77. The first-order chi connectivity index (χ1) is 12.2. The molecule has 2 fully saturated rings. The number of hydrogen-bond acceptors (Lipinski definition) is 5. The second kappa shape index (κ2) is 8.82. The smallest absolute Gasteiger partial charge is 0.228 e. The third-order valence-electron chi connectivity index (χ3n) is 5.72. The first kappa shape index (κ1) is 20.6. The molecule has 0 aromatic heterocycles. The van der Waals surface area contributed by atoms with Gasteiger partial charge in [-0.05, 0) is 37.4 Å². The number of halogens is 1. The fraction of sp³-hybridized carbons (Fsp3) is 0.632. The molecular weight excluding hydrogens is 356 g/mol. The van der Waals surface area contributed by atoms with Crippen molar-refractivity contribution in [1.82, 2.24) is 10.6 Å². The van der Waals surface area contributed by atoms with Crippen LogP contribution in [0, 0.1) is 11.3 Å². The van der Waals surface area contributed by atoms with Crippen LogP contribution in [-0.4, -0.2) is 40.3 Å². The molecule has 26 heavy (non-hydrogen) atoms. The van der Waals surface area contributed by atoms with Crippen LogP contribution in [-0.2, 0) is 11.3 Å². The molecule has 2 aliphatic rings. The Hall–Kier alpha value is -1.66. The number of amides is 1. The summed E-state index contributed by atoms with van der Waals surface area (Å²) < 4.78 is 16.2. The molecule has 1 amide bonds. The van der Waals surface area contributed by atoms with Crippen molar-refractivity contribution >= 4 is 18.3 Å². The van der Waals surface area contributed by atoms with Crippen LogP contribution in [0.15, 0.2) is 12.1 Å². The van der Waals surface area contributed by atoms with Gasteiger partial charge in [0.15, 0.2) is 11.5 Å². The molecular formula is C19H29ClN2O4. The molecule has 3 rings (SSSR count). The SMILES string of the molecule is COc1ccc(CNC(=O)[C@@]23CCCC[C@H]2CNC3)c(OC)c1OC.Cl. The van der Waals surface area contributed by atoms with Gasteiger partial charge in [-0.25, -0.2) is 0 Å². The zero-order valence-electron chi connectivity index (χ0n) is 15.7. The Kier molecular flexibility index (Phi) is 7.01. The van der Waals surface area contributed by atoms with Gasteiger partial charge >= 0.3 is 0 Å². The van der Waals surface area contributed by atoms with Crippen LogP contribution in [0.3, 0.4) is 0 Å². The third kappa shape index (κ3) is 3.58. The summed E-state index contributed by atoms with van der Waals surface area (Å²) in [6.45, 7) is 2.15. The van der Waals surface area contributed by atoms with Crippen molar-refractivity contribution in [3.05, 3.63) is 17.7 Å². The van der Waals surface area contributed by atoms with Crippen molar-refractivity contribution in [2.75, 3.05) is 34.4 Å². The van der Waals surface area contributed by atoms with Gasteiger partial charge in [0.2, 0.25) is 11.7 Å². The summed E-state index contributed by atoms with van der Waals surface area (Å²) in [5, 5.41) is 6.56. The molecule has 2 N–H and O–H groups in total. The van der Waals surface area contributed by atoms with E-state index in [-0.39, 0.29) is 23.7 Å². The number of ether oxygens (including phenoxy) is 3. The Morgan fingerprint density at radius 1 is 1.19 bits per heavy atom. The molecule has 1 saturated carbocycles. The molecule has 1 aliphatic carbocycles. The first-order valence-electron chi connectivity index (χ1n) is 8.93. The molecule has 2 atom stereocenters. The highest BCUT2D eigenvalue weighted by molar-refractivity contribution is 5.85. The topological polar surface area (TPSA) is 68.8 Å². The van der Waals surface area contributed by atoms with Gasteiger partial charge in [-0.2, -0.15) is 0 Å². The molecule has 0 bridgehead atoms.